The van der Waals surface area contributed by atoms with Gasteiger partial charge in [-0.25, -0.2) is 4.98 Å². The third-order valence-corrected chi connectivity index (χ3v) is 4.69. The molecular formula is C20H24F3N5O. The van der Waals surface area contributed by atoms with Gasteiger partial charge < -0.3 is 16.2 Å². The molecule has 9 heteroatoms. The fourth-order valence-corrected chi connectivity index (χ4v) is 3.51. The van der Waals surface area contributed by atoms with Crippen molar-refractivity contribution in [3.8, 4) is 11.3 Å². The van der Waals surface area contributed by atoms with E-state index in [-0.39, 0.29) is 23.2 Å². The maximum absolute atomic E-state index is 13.1. The van der Waals surface area contributed by atoms with Gasteiger partial charge in [-0.2, -0.15) is 13.2 Å². The second kappa shape index (κ2) is 7.62. The summed E-state index contributed by atoms with van der Waals surface area (Å²) < 4.78 is 39.2. The van der Waals surface area contributed by atoms with E-state index in [9.17, 15) is 18.3 Å². The molecular weight excluding hydrogens is 383 g/mol. The van der Waals surface area contributed by atoms with Gasteiger partial charge in [-0.05, 0) is 45.3 Å². The number of nitrogens with zero attached hydrogens (tertiary/aromatic N) is 3. The van der Waals surface area contributed by atoms with Gasteiger partial charge in [0.1, 0.15) is 5.69 Å². The summed E-state index contributed by atoms with van der Waals surface area (Å²) in [5.41, 5.74) is 7.24. The molecule has 1 aliphatic rings. The molecule has 1 heterocycles. The Bertz CT molecular complexity index is 928. The predicted octanol–water partition coefficient (Wildman–Crippen LogP) is 3.60. The summed E-state index contributed by atoms with van der Waals surface area (Å²) in [6.45, 7) is 5.14. The van der Waals surface area contributed by atoms with Gasteiger partial charge in [-0.3, -0.25) is 0 Å². The van der Waals surface area contributed by atoms with Crippen LogP contribution in [0.1, 0.15) is 43.5 Å². The first kappa shape index (κ1) is 21.0. The van der Waals surface area contributed by atoms with E-state index in [1.54, 1.807) is 39.0 Å². The van der Waals surface area contributed by atoms with Crippen LogP contribution < -0.4 is 11.1 Å². The van der Waals surface area contributed by atoms with Crippen molar-refractivity contribution in [1.82, 2.24) is 15.2 Å². The summed E-state index contributed by atoms with van der Waals surface area (Å²) in [5.74, 6) is 0.242. The number of alkyl halides is 3. The molecule has 6 nitrogen and oxygen atoms in total. The Labute approximate surface area is 167 Å². The van der Waals surface area contributed by atoms with E-state index in [4.69, 9.17) is 5.73 Å². The molecule has 1 aromatic heterocycles. The lowest BCUT2D eigenvalue weighted by atomic mass is 9.77. The van der Waals surface area contributed by atoms with Gasteiger partial charge in [0.15, 0.2) is 0 Å². The zero-order valence-electron chi connectivity index (χ0n) is 16.5. The molecule has 0 unspecified atom stereocenters. The van der Waals surface area contributed by atoms with Gasteiger partial charge in [-0.15, -0.1) is 10.2 Å². The van der Waals surface area contributed by atoms with Gasteiger partial charge in [0, 0.05) is 17.3 Å². The van der Waals surface area contributed by atoms with Crippen LogP contribution in [-0.2, 0) is 6.42 Å². The molecule has 1 aliphatic carbocycles. The monoisotopic (exact) mass is 407 g/mol. The highest BCUT2D eigenvalue weighted by Gasteiger charge is 2.38. The number of aliphatic hydroxyl groups is 1. The van der Waals surface area contributed by atoms with Crippen LogP contribution in [0.3, 0.4) is 0 Å². The lowest BCUT2D eigenvalue weighted by molar-refractivity contribution is -0.127. The van der Waals surface area contributed by atoms with Crippen molar-refractivity contribution in [3.63, 3.8) is 0 Å². The summed E-state index contributed by atoms with van der Waals surface area (Å²) in [7, 11) is 0. The predicted molar refractivity (Wildman–Crippen MR) is 105 cm³/mol. The molecule has 0 bridgehead atoms. The van der Waals surface area contributed by atoms with Gasteiger partial charge in [0.05, 0.1) is 17.7 Å². The van der Waals surface area contributed by atoms with E-state index < -0.39 is 18.2 Å². The number of anilines is 1. The van der Waals surface area contributed by atoms with Gasteiger partial charge in [0.2, 0.25) is 5.95 Å². The lowest BCUT2D eigenvalue weighted by Gasteiger charge is -2.41. The summed E-state index contributed by atoms with van der Waals surface area (Å²) in [5, 5.41) is 21.2. The Hall–Kier alpha value is -2.68. The molecule has 2 aromatic rings. The number of nitrogens with one attached hydrogen (secondary N) is 1. The fourth-order valence-electron chi connectivity index (χ4n) is 3.51. The van der Waals surface area contributed by atoms with E-state index in [1.165, 1.54) is 6.07 Å². The highest BCUT2D eigenvalue weighted by atomic mass is 19.4. The minimum atomic E-state index is -4.36. The Kier molecular flexibility index (Phi) is 5.53. The molecule has 0 atom stereocenters. The van der Waals surface area contributed by atoms with Crippen molar-refractivity contribution in [3.05, 3.63) is 40.7 Å². The first-order chi connectivity index (χ1) is 13.4. The molecule has 3 rings (SSSR count). The van der Waals surface area contributed by atoms with E-state index in [0.29, 0.717) is 29.8 Å². The Balaban J connectivity index is 2.00. The second-order valence-electron chi connectivity index (χ2n) is 7.96. The van der Waals surface area contributed by atoms with Gasteiger partial charge in [0.25, 0.3) is 0 Å². The van der Waals surface area contributed by atoms with Crippen molar-refractivity contribution in [2.24, 2.45) is 5.73 Å². The van der Waals surface area contributed by atoms with Crippen LogP contribution in [-0.4, -0.2) is 38.1 Å². The van der Waals surface area contributed by atoms with Crippen molar-refractivity contribution >= 4 is 12.0 Å². The van der Waals surface area contributed by atoms with E-state index >= 15 is 0 Å². The van der Waals surface area contributed by atoms with Gasteiger partial charge in [-0.1, -0.05) is 23.8 Å². The highest BCUT2D eigenvalue weighted by Crippen LogP contribution is 2.34. The number of allylic oxidation sites excluding steroid dienone is 1. The summed E-state index contributed by atoms with van der Waals surface area (Å²) in [6, 6.07) is 4.83. The molecule has 0 aliphatic heterocycles. The Morgan fingerprint density at radius 3 is 2.62 bits per heavy atom. The zero-order valence-corrected chi connectivity index (χ0v) is 16.5. The molecule has 29 heavy (non-hydrogen) atoms. The SMILES string of the molecule is CC(N)=Cc1nc(NC2CC(C)(O)C2)nnc1-c1ccc(C)cc1CC(F)(F)F. The number of rotatable bonds is 5. The van der Waals surface area contributed by atoms with E-state index in [0.717, 1.165) is 5.56 Å². The largest absolute Gasteiger partial charge is 0.402 e. The van der Waals surface area contributed by atoms with Crippen molar-refractivity contribution in [2.75, 3.05) is 5.32 Å². The van der Waals surface area contributed by atoms with Crippen LogP contribution in [0.4, 0.5) is 19.1 Å². The molecule has 0 amide bonds. The maximum atomic E-state index is 13.1. The molecule has 1 saturated carbocycles. The van der Waals surface area contributed by atoms with Crippen molar-refractivity contribution in [1.29, 1.82) is 0 Å². The summed E-state index contributed by atoms with van der Waals surface area (Å²) in [4.78, 5) is 4.41. The summed E-state index contributed by atoms with van der Waals surface area (Å²) in [6.07, 6.45) is -2.78. The summed E-state index contributed by atoms with van der Waals surface area (Å²) >= 11 is 0. The van der Waals surface area contributed by atoms with Crippen LogP contribution in [0.15, 0.2) is 23.9 Å². The number of nitrogens with two attached hydrogens (primary N) is 1. The van der Waals surface area contributed by atoms with Crippen LogP contribution in [0, 0.1) is 6.92 Å². The Morgan fingerprint density at radius 2 is 2.03 bits per heavy atom. The third-order valence-electron chi connectivity index (χ3n) is 4.69. The average molecular weight is 407 g/mol. The lowest BCUT2D eigenvalue weighted by Crippen LogP contribution is -2.48. The normalized spacial score (nSPS) is 22.3. The molecule has 156 valence electrons. The topological polar surface area (TPSA) is 97.0 Å². The fraction of sp³-hybridized carbons (Fsp3) is 0.450. The number of aryl methyl sites for hydroxylation is 1. The van der Waals surface area contributed by atoms with Crippen molar-refractivity contribution in [2.45, 2.75) is 57.9 Å². The highest BCUT2D eigenvalue weighted by molar-refractivity contribution is 5.73. The smallest absolute Gasteiger partial charge is 0.393 e. The molecule has 4 N–H and O–H groups in total. The minimum Gasteiger partial charge on any atom is -0.402 e. The van der Waals surface area contributed by atoms with Crippen molar-refractivity contribution < 1.29 is 18.3 Å². The maximum Gasteiger partial charge on any atom is 0.393 e. The molecule has 1 fully saturated rings. The van der Waals surface area contributed by atoms with Crippen LogP contribution >= 0.6 is 0 Å². The average Bonchev–Trinajstić information content (AvgIpc) is 2.52. The van der Waals surface area contributed by atoms with Crippen LogP contribution in [0.5, 0.6) is 0 Å². The van der Waals surface area contributed by atoms with Crippen LogP contribution in [0.25, 0.3) is 17.3 Å². The number of benzene rings is 1. The number of halogens is 3. The Morgan fingerprint density at radius 1 is 1.34 bits per heavy atom. The quantitative estimate of drug-likeness (QED) is 0.701. The molecule has 0 saturated heterocycles. The molecule has 0 spiro atoms. The van der Waals surface area contributed by atoms with Crippen LogP contribution in [0.2, 0.25) is 0 Å². The minimum absolute atomic E-state index is 0.00798. The number of aromatic nitrogens is 3. The first-order valence-corrected chi connectivity index (χ1v) is 9.26. The molecule has 0 radical (unpaired) electrons. The van der Waals surface area contributed by atoms with E-state index in [1.807, 2.05) is 0 Å². The third kappa shape index (κ3) is 5.44. The first-order valence-electron chi connectivity index (χ1n) is 9.26. The van der Waals surface area contributed by atoms with E-state index in [2.05, 4.69) is 20.5 Å². The standard InChI is InChI=1S/C20H24F3N5O/c1-11-4-5-15(13(6-11)8-20(21,22)23)17-16(7-12(2)24)26-18(28-27-17)25-14-9-19(3,29)10-14/h4-7,14,29H,8-10,24H2,1-3H3,(H,25,26,28). The van der Waals surface area contributed by atoms with Gasteiger partial charge >= 0.3 is 6.18 Å². The molecule has 1 aromatic carbocycles. The zero-order chi connectivity index (χ0) is 21.4. The number of hydrogen-bond donors (Lipinski definition) is 3. The second-order valence-corrected chi connectivity index (χ2v) is 7.96. The number of hydrogen-bond acceptors (Lipinski definition) is 6.